The number of carbonyl (C=O) groups excluding carboxylic acids is 1. The maximum atomic E-state index is 14.3. The number of hydrogen-bond donors (Lipinski definition) is 3. The number of nitrogens with one attached hydrogen (secondary N) is 2. The quantitative estimate of drug-likeness (QED) is 0.596. The van der Waals surface area contributed by atoms with Gasteiger partial charge in [0.15, 0.2) is 11.5 Å². The number of anilines is 2. The predicted octanol–water partition coefficient (Wildman–Crippen LogP) is 2.60. The summed E-state index contributed by atoms with van der Waals surface area (Å²) in [6.07, 6.45) is 2.69. The van der Waals surface area contributed by atoms with E-state index in [1.54, 1.807) is 6.07 Å². The molecule has 1 aliphatic heterocycles. The molecule has 28 heavy (non-hydrogen) atoms. The highest BCUT2D eigenvalue weighted by atomic mass is 19.1. The maximum absolute atomic E-state index is 14.3. The molecular weight excluding hydrogens is 372 g/mol. The van der Waals surface area contributed by atoms with Crippen molar-refractivity contribution in [2.75, 3.05) is 16.8 Å². The summed E-state index contributed by atoms with van der Waals surface area (Å²) in [7, 11) is 0. The van der Waals surface area contributed by atoms with Crippen LogP contribution in [0.2, 0.25) is 0 Å². The molecule has 1 saturated heterocycles. The molecule has 1 amide bonds. The Bertz CT molecular complexity index is 1080. The lowest BCUT2D eigenvalue weighted by atomic mass is 10.0. The van der Waals surface area contributed by atoms with Crippen molar-refractivity contribution in [2.24, 2.45) is 0 Å². The van der Waals surface area contributed by atoms with Gasteiger partial charge in [-0.15, -0.1) is 0 Å². The largest absolute Gasteiger partial charge is 0.474 e. The minimum absolute atomic E-state index is 0.190. The summed E-state index contributed by atoms with van der Waals surface area (Å²) in [5, 5.41) is 18.5. The van der Waals surface area contributed by atoms with Crippen LogP contribution in [0, 0.1) is 11.6 Å². The van der Waals surface area contributed by atoms with E-state index in [0.29, 0.717) is 29.8 Å². The molecule has 0 unspecified atom stereocenters. The van der Waals surface area contributed by atoms with Crippen molar-refractivity contribution in [2.45, 2.75) is 18.9 Å². The van der Waals surface area contributed by atoms with Crippen molar-refractivity contribution in [3.63, 3.8) is 0 Å². The van der Waals surface area contributed by atoms with Crippen LogP contribution in [-0.2, 0) is 9.59 Å². The van der Waals surface area contributed by atoms with Gasteiger partial charge in [0.05, 0.1) is 23.3 Å². The van der Waals surface area contributed by atoms with Crippen LogP contribution >= 0.6 is 0 Å². The fourth-order valence-electron chi connectivity index (χ4n) is 3.48. The molecule has 3 aromatic rings. The van der Waals surface area contributed by atoms with Crippen molar-refractivity contribution in [1.82, 2.24) is 15.2 Å². The summed E-state index contributed by atoms with van der Waals surface area (Å²) < 4.78 is 28.0. The zero-order valence-electron chi connectivity index (χ0n) is 14.4. The Labute approximate surface area is 157 Å². The summed E-state index contributed by atoms with van der Waals surface area (Å²) in [4.78, 5) is 28.1. The predicted molar refractivity (Wildman–Crippen MR) is 95.8 cm³/mol. The van der Waals surface area contributed by atoms with E-state index in [2.05, 4.69) is 20.5 Å². The van der Waals surface area contributed by atoms with Gasteiger partial charge in [0.25, 0.3) is 0 Å². The van der Waals surface area contributed by atoms with Gasteiger partial charge in [-0.3, -0.25) is 9.89 Å². The van der Waals surface area contributed by atoms with Crippen LogP contribution in [0.5, 0.6) is 0 Å². The first-order valence-corrected chi connectivity index (χ1v) is 8.54. The highest BCUT2D eigenvalue weighted by molar-refractivity contribution is 6.36. The van der Waals surface area contributed by atoms with Crippen molar-refractivity contribution in [3.8, 4) is 0 Å². The van der Waals surface area contributed by atoms with Crippen molar-refractivity contribution < 1.29 is 23.5 Å². The second-order valence-corrected chi connectivity index (χ2v) is 6.44. The number of amides is 1. The van der Waals surface area contributed by atoms with Gasteiger partial charge in [-0.05, 0) is 37.1 Å². The van der Waals surface area contributed by atoms with Crippen LogP contribution in [0.3, 0.4) is 0 Å². The Morgan fingerprint density at radius 3 is 2.89 bits per heavy atom. The lowest BCUT2D eigenvalue weighted by Crippen LogP contribution is -2.24. The first-order chi connectivity index (χ1) is 13.4. The van der Waals surface area contributed by atoms with Crippen LogP contribution in [0.25, 0.3) is 11.0 Å². The van der Waals surface area contributed by atoms with Gasteiger partial charge < -0.3 is 15.3 Å². The Balaban J connectivity index is 1.72. The lowest BCUT2D eigenvalue weighted by molar-refractivity contribution is -0.147. The minimum Gasteiger partial charge on any atom is -0.474 e. The molecule has 0 saturated carbocycles. The van der Waals surface area contributed by atoms with Crippen LogP contribution in [0.15, 0.2) is 30.5 Å². The molecular formula is C18H15F2N5O3. The first-order valence-electron chi connectivity index (χ1n) is 8.54. The molecule has 0 spiro atoms. The van der Waals surface area contributed by atoms with Crippen molar-refractivity contribution >= 4 is 34.4 Å². The van der Waals surface area contributed by atoms with Crippen LogP contribution in [-0.4, -0.2) is 38.7 Å². The number of rotatable bonds is 3. The molecule has 1 aromatic carbocycles. The molecule has 1 atom stereocenters. The normalized spacial score (nSPS) is 16.5. The number of pyridine rings is 1. The lowest BCUT2D eigenvalue weighted by Gasteiger charge is -2.25. The van der Waals surface area contributed by atoms with E-state index in [1.165, 1.54) is 12.3 Å². The smallest absolute Gasteiger partial charge is 0.394 e. The maximum Gasteiger partial charge on any atom is 0.394 e. The number of halogens is 2. The van der Waals surface area contributed by atoms with Crippen molar-refractivity contribution in [1.29, 1.82) is 0 Å². The molecule has 1 aliphatic rings. The number of aromatic amines is 1. The number of aliphatic carboxylic acids is 1. The average molecular weight is 387 g/mol. The third-order valence-electron chi connectivity index (χ3n) is 4.69. The molecule has 0 radical (unpaired) electrons. The van der Waals surface area contributed by atoms with E-state index >= 15 is 0 Å². The van der Waals surface area contributed by atoms with Gasteiger partial charge in [0.2, 0.25) is 0 Å². The average Bonchev–Trinajstić information content (AvgIpc) is 3.29. The zero-order valence-corrected chi connectivity index (χ0v) is 14.4. The topological polar surface area (TPSA) is 111 Å². The number of carboxylic acids is 1. The molecule has 2 aromatic heterocycles. The molecule has 4 rings (SSSR count). The Morgan fingerprint density at radius 2 is 2.11 bits per heavy atom. The molecule has 3 N–H and O–H groups in total. The zero-order chi connectivity index (χ0) is 19.8. The van der Waals surface area contributed by atoms with Gasteiger partial charge in [0.1, 0.15) is 11.6 Å². The minimum atomic E-state index is -1.62. The third kappa shape index (κ3) is 3.13. The fraction of sp³-hybridized carbons (Fsp3) is 0.222. The third-order valence-corrected chi connectivity index (χ3v) is 4.69. The van der Waals surface area contributed by atoms with Gasteiger partial charge in [-0.2, -0.15) is 5.10 Å². The van der Waals surface area contributed by atoms with Crippen molar-refractivity contribution in [3.05, 3.63) is 47.7 Å². The van der Waals surface area contributed by atoms with Gasteiger partial charge in [-0.1, -0.05) is 0 Å². The standard InChI is InChI=1S/C18H15F2N5O3/c19-9-3-4-13(20)11(6-9)14-2-1-5-25(14)16-12-7-10(22-17(26)18(27)28)8-21-15(12)23-24-16/h3-4,6-8,14H,1-2,5H2,(H,22,26)(H,27,28)(H,21,23,24)/t14-/m1/s1. The molecule has 1 fully saturated rings. The van der Waals surface area contributed by atoms with Gasteiger partial charge in [-0.25, -0.2) is 18.6 Å². The van der Waals surface area contributed by atoms with Crippen LogP contribution in [0.1, 0.15) is 24.4 Å². The number of carboxylic acid groups (broad SMARTS) is 1. The molecule has 0 bridgehead atoms. The Hall–Kier alpha value is -3.56. The molecule has 10 heteroatoms. The Kier molecular flexibility index (Phi) is 4.38. The molecule has 144 valence electrons. The summed E-state index contributed by atoms with van der Waals surface area (Å²) in [5.74, 6) is -3.35. The summed E-state index contributed by atoms with van der Waals surface area (Å²) in [5.41, 5.74) is 0.862. The van der Waals surface area contributed by atoms with Gasteiger partial charge in [0, 0.05) is 12.1 Å². The SMILES string of the molecule is O=C(O)C(=O)Nc1cnc2[nH]nc(N3CCC[C@@H]3c3cc(F)ccc3F)c2c1. The number of benzene rings is 1. The molecule has 0 aliphatic carbocycles. The Morgan fingerprint density at radius 1 is 1.29 bits per heavy atom. The number of H-pyrrole nitrogens is 1. The second-order valence-electron chi connectivity index (χ2n) is 6.44. The highest BCUT2D eigenvalue weighted by Gasteiger charge is 2.31. The van der Waals surface area contributed by atoms with Crippen LogP contribution < -0.4 is 10.2 Å². The van der Waals surface area contributed by atoms with E-state index in [-0.39, 0.29) is 11.3 Å². The van der Waals surface area contributed by atoms with E-state index in [9.17, 15) is 18.4 Å². The van der Waals surface area contributed by atoms with Gasteiger partial charge >= 0.3 is 11.9 Å². The van der Waals surface area contributed by atoms with Crippen LogP contribution in [0.4, 0.5) is 20.3 Å². The molecule has 3 heterocycles. The van der Waals surface area contributed by atoms with E-state index in [1.807, 2.05) is 4.90 Å². The first kappa shape index (κ1) is 17.8. The molecule has 8 nitrogen and oxygen atoms in total. The van der Waals surface area contributed by atoms with E-state index < -0.39 is 29.6 Å². The monoisotopic (exact) mass is 387 g/mol. The highest BCUT2D eigenvalue weighted by Crippen LogP contribution is 2.39. The number of aromatic nitrogens is 3. The number of nitrogens with zero attached hydrogens (tertiary/aromatic N) is 3. The summed E-state index contributed by atoms with van der Waals surface area (Å²) in [6.45, 7) is 0.576. The number of hydrogen-bond acceptors (Lipinski definition) is 5. The number of carbonyl (C=O) groups is 2. The summed E-state index contributed by atoms with van der Waals surface area (Å²) >= 11 is 0. The van der Waals surface area contributed by atoms with E-state index in [0.717, 1.165) is 18.6 Å². The van der Waals surface area contributed by atoms with E-state index in [4.69, 9.17) is 5.11 Å². The summed E-state index contributed by atoms with van der Waals surface area (Å²) in [6, 6.07) is 4.50. The fourth-order valence-corrected chi connectivity index (χ4v) is 3.48. The number of fused-ring (bicyclic) bond motifs is 1. The second kappa shape index (κ2) is 6.87.